The molecule has 0 aliphatic rings. The largest absolute Gasteiger partial charge is 0.461 e. The van der Waals surface area contributed by atoms with Crippen molar-refractivity contribution in [2.45, 2.75) is 27.3 Å². The number of hydrogen-bond donors (Lipinski definition) is 1. The van der Waals surface area contributed by atoms with Gasteiger partial charge < -0.3 is 14.2 Å². The SMILES string of the molecule is Cc1ccoc1-c1cnc(CNCC(C)C)o1. The fourth-order valence-corrected chi connectivity index (χ4v) is 1.59. The molecule has 2 rings (SSSR count). The molecule has 4 nitrogen and oxygen atoms in total. The fourth-order valence-electron chi connectivity index (χ4n) is 1.59. The Hall–Kier alpha value is -1.55. The molecule has 4 heteroatoms. The van der Waals surface area contributed by atoms with Crippen molar-refractivity contribution in [3.63, 3.8) is 0 Å². The highest BCUT2D eigenvalue weighted by atomic mass is 16.4. The van der Waals surface area contributed by atoms with Crippen LogP contribution in [0.5, 0.6) is 0 Å². The molecule has 0 saturated heterocycles. The standard InChI is InChI=1S/C13H18N2O2/c1-9(2)6-14-8-12-15-7-11(17-12)13-10(3)4-5-16-13/h4-5,7,9,14H,6,8H2,1-3H3. The first-order valence-corrected chi connectivity index (χ1v) is 5.86. The summed E-state index contributed by atoms with van der Waals surface area (Å²) in [7, 11) is 0. The van der Waals surface area contributed by atoms with Crippen LogP contribution in [-0.2, 0) is 6.54 Å². The van der Waals surface area contributed by atoms with Crippen molar-refractivity contribution in [3.05, 3.63) is 30.0 Å². The predicted molar refractivity (Wildman–Crippen MR) is 65.5 cm³/mol. The van der Waals surface area contributed by atoms with Crippen LogP contribution in [0.3, 0.4) is 0 Å². The van der Waals surface area contributed by atoms with E-state index < -0.39 is 0 Å². The molecule has 92 valence electrons. The lowest BCUT2D eigenvalue weighted by Crippen LogP contribution is -2.18. The summed E-state index contributed by atoms with van der Waals surface area (Å²) >= 11 is 0. The number of aromatic nitrogens is 1. The van der Waals surface area contributed by atoms with Crippen molar-refractivity contribution < 1.29 is 8.83 Å². The van der Waals surface area contributed by atoms with Crippen LogP contribution in [0.2, 0.25) is 0 Å². The minimum absolute atomic E-state index is 0.622. The second-order valence-corrected chi connectivity index (χ2v) is 4.58. The normalized spacial score (nSPS) is 11.3. The first-order valence-electron chi connectivity index (χ1n) is 5.86. The Balaban J connectivity index is 1.99. The van der Waals surface area contributed by atoms with Gasteiger partial charge in [-0.1, -0.05) is 13.8 Å². The highest BCUT2D eigenvalue weighted by molar-refractivity contribution is 5.53. The zero-order valence-corrected chi connectivity index (χ0v) is 10.5. The Morgan fingerprint density at radius 3 is 2.88 bits per heavy atom. The van der Waals surface area contributed by atoms with Gasteiger partial charge in [0.15, 0.2) is 11.5 Å². The highest BCUT2D eigenvalue weighted by Gasteiger charge is 2.11. The Labute approximate surface area is 101 Å². The smallest absolute Gasteiger partial charge is 0.209 e. The summed E-state index contributed by atoms with van der Waals surface area (Å²) < 4.78 is 11.0. The lowest BCUT2D eigenvalue weighted by Gasteiger charge is -2.04. The topological polar surface area (TPSA) is 51.2 Å². The molecule has 0 amide bonds. The van der Waals surface area contributed by atoms with E-state index in [4.69, 9.17) is 8.83 Å². The van der Waals surface area contributed by atoms with E-state index in [-0.39, 0.29) is 0 Å². The number of nitrogens with one attached hydrogen (secondary N) is 1. The molecule has 2 aromatic heterocycles. The Bertz CT molecular complexity index is 471. The lowest BCUT2D eigenvalue weighted by molar-refractivity contribution is 0.448. The van der Waals surface area contributed by atoms with Crippen LogP contribution in [0, 0.1) is 12.8 Å². The molecule has 0 unspecified atom stereocenters. The Morgan fingerprint density at radius 1 is 1.41 bits per heavy atom. The van der Waals surface area contributed by atoms with Crippen molar-refractivity contribution in [2.24, 2.45) is 5.92 Å². The fraction of sp³-hybridized carbons (Fsp3) is 0.462. The molecule has 0 saturated carbocycles. The van der Waals surface area contributed by atoms with E-state index in [0.29, 0.717) is 24.1 Å². The molecule has 17 heavy (non-hydrogen) atoms. The molecular weight excluding hydrogens is 216 g/mol. The van der Waals surface area contributed by atoms with E-state index in [0.717, 1.165) is 17.9 Å². The van der Waals surface area contributed by atoms with Gasteiger partial charge in [0.25, 0.3) is 0 Å². The third-order valence-corrected chi connectivity index (χ3v) is 2.47. The van der Waals surface area contributed by atoms with Crippen molar-refractivity contribution in [2.75, 3.05) is 6.54 Å². The van der Waals surface area contributed by atoms with Crippen molar-refractivity contribution in [1.82, 2.24) is 10.3 Å². The monoisotopic (exact) mass is 234 g/mol. The van der Waals surface area contributed by atoms with Gasteiger partial charge in [0.1, 0.15) is 0 Å². The first kappa shape index (κ1) is 11.9. The number of aryl methyl sites for hydroxylation is 1. The molecule has 1 N–H and O–H groups in total. The minimum Gasteiger partial charge on any atom is -0.461 e. The number of hydrogen-bond acceptors (Lipinski definition) is 4. The number of nitrogens with zero attached hydrogens (tertiary/aromatic N) is 1. The maximum atomic E-state index is 5.62. The van der Waals surface area contributed by atoms with Gasteiger partial charge in [-0.2, -0.15) is 0 Å². The molecule has 0 bridgehead atoms. The van der Waals surface area contributed by atoms with Gasteiger partial charge in [0, 0.05) is 0 Å². The molecule has 2 aromatic rings. The summed E-state index contributed by atoms with van der Waals surface area (Å²) in [6, 6.07) is 1.91. The highest BCUT2D eigenvalue weighted by Crippen LogP contribution is 2.24. The third kappa shape index (κ3) is 2.97. The summed E-state index contributed by atoms with van der Waals surface area (Å²) in [5.41, 5.74) is 1.06. The van der Waals surface area contributed by atoms with E-state index in [1.807, 2.05) is 13.0 Å². The molecule has 0 fully saturated rings. The summed E-state index contributed by atoms with van der Waals surface area (Å²) in [6.07, 6.45) is 3.36. The maximum Gasteiger partial charge on any atom is 0.209 e. The summed E-state index contributed by atoms with van der Waals surface area (Å²) in [5, 5.41) is 3.29. The van der Waals surface area contributed by atoms with Crippen LogP contribution in [0.15, 0.2) is 27.4 Å². The van der Waals surface area contributed by atoms with E-state index in [2.05, 4.69) is 24.1 Å². The first-order chi connectivity index (χ1) is 8.16. The van der Waals surface area contributed by atoms with Crippen LogP contribution < -0.4 is 5.32 Å². The number of rotatable bonds is 5. The van der Waals surface area contributed by atoms with Crippen LogP contribution >= 0.6 is 0 Å². The molecule has 0 aromatic carbocycles. The zero-order valence-electron chi connectivity index (χ0n) is 10.5. The Morgan fingerprint density at radius 2 is 2.24 bits per heavy atom. The molecule has 0 spiro atoms. The predicted octanol–water partition coefficient (Wildman–Crippen LogP) is 2.99. The minimum atomic E-state index is 0.622. The molecule has 0 atom stereocenters. The van der Waals surface area contributed by atoms with Gasteiger partial charge in [-0.15, -0.1) is 0 Å². The molecule has 0 aliphatic heterocycles. The van der Waals surface area contributed by atoms with Crippen LogP contribution in [-0.4, -0.2) is 11.5 Å². The second-order valence-electron chi connectivity index (χ2n) is 4.58. The summed E-state index contributed by atoms with van der Waals surface area (Å²) in [6.45, 7) is 7.92. The quantitative estimate of drug-likeness (QED) is 0.864. The van der Waals surface area contributed by atoms with E-state index in [1.165, 1.54) is 0 Å². The van der Waals surface area contributed by atoms with E-state index in [9.17, 15) is 0 Å². The van der Waals surface area contributed by atoms with Gasteiger partial charge in [-0.3, -0.25) is 0 Å². The van der Waals surface area contributed by atoms with Gasteiger partial charge >= 0.3 is 0 Å². The van der Waals surface area contributed by atoms with E-state index >= 15 is 0 Å². The average Bonchev–Trinajstić information content (AvgIpc) is 2.86. The van der Waals surface area contributed by atoms with Gasteiger partial charge in [-0.05, 0) is 31.0 Å². The van der Waals surface area contributed by atoms with Crippen molar-refractivity contribution >= 4 is 0 Å². The maximum absolute atomic E-state index is 5.62. The summed E-state index contributed by atoms with van der Waals surface area (Å²) in [5.74, 6) is 2.76. The number of furan rings is 1. The van der Waals surface area contributed by atoms with Crippen LogP contribution in [0.1, 0.15) is 25.3 Å². The molecule has 0 aliphatic carbocycles. The molecular formula is C13H18N2O2. The van der Waals surface area contributed by atoms with Crippen LogP contribution in [0.25, 0.3) is 11.5 Å². The second kappa shape index (κ2) is 5.19. The third-order valence-electron chi connectivity index (χ3n) is 2.47. The van der Waals surface area contributed by atoms with Gasteiger partial charge in [0.2, 0.25) is 5.89 Å². The zero-order chi connectivity index (χ0) is 12.3. The van der Waals surface area contributed by atoms with E-state index in [1.54, 1.807) is 12.5 Å². The van der Waals surface area contributed by atoms with Gasteiger partial charge in [0.05, 0.1) is 19.0 Å². The van der Waals surface area contributed by atoms with Crippen molar-refractivity contribution in [3.8, 4) is 11.5 Å². The molecule has 0 radical (unpaired) electrons. The average molecular weight is 234 g/mol. The lowest BCUT2D eigenvalue weighted by atomic mass is 10.2. The summed E-state index contributed by atoms with van der Waals surface area (Å²) in [4.78, 5) is 4.22. The molecule has 2 heterocycles. The van der Waals surface area contributed by atoms with Crippen LogP contribution in [0.4, 0.5) is 0 Å². The van der Waals surface area contributed by atoms with Crippen molar-refractivity contribution in [1.29, 1.82) is 0 Å². The number of oxazole rings is 1. The Kier molecular flexibility index (Phi) is 3.64. The van der Waals surface area contributed by atoms with Gasteiger partial charge in [-0.25, -0.2) is 4.98 Å².